The van der Waals surface area contributed by atoms with Crippen LogP contribution in [0.2, 0.25) is 0 Å². The highest BCUT2D eigenvalue weighted by molar-refractivity contribution is 6.01. The van der Waals surface area contributed by atoms with Crippen molar-refractivity contribution >= 4 is 11.6 Å². The maximum Gasteiger partial charge on any atom is 0.254 e. The summed E-state index contributed by atoms with van der Waals surface area (Å²) in [7, 11) is 0. The van der Waals surface area contributed by atoms with E-state index >= 15 is 0 Å². The minimum absolute atomic E-state index is 0.00940. The van der Waals surface area contributed by atoms with Gasteiger partial charge in [-0.2, -0.15) is 0 Å². The monoisotopic (exact) mass is 220 g/mol. The maximum absolute atomic E-state index is 12.0. The highest BCUT2D eigenvalue weighted by atomic mass is 16.3. The third-order valence-electron chi connectivity index (χ3n) is 3.07. The average molecular weight is 220 g/mol. The number of nitrogens with two attached hydrogens (primary N) is 1. The minimum atomic E-state index is -0.397. The Bertz CT molecular complexity index is 405. The number of amides is 1. The second-order valence-corrected chi connectivity index (χ2v) is 4.43. The van der Waals surface area contributed by atoms with E-state index in [1.165, 1.54) is 0 Å². The van der Waals surface area contributed by atoms with Crippen molar-refractivity contribution in [1.29, 1.82) is 0 Å². The number of carbonyl (C=O) groups excluding carboxylic acids is 1. The van der Waals surface area contributed by atoms with Gasteiger partial charge in [0.25, 0.3) is 5.91 Å². The largest absolute Gasteiger partial charge is 0.398 e. The van der Waals surface area contributed by atoms with Crippen LogP contribution < -0.4 is 11.1 Å². The van der Waals surface area contributed by atoms with Crippen LogP contribution in [0, 0.1) is 6.92 Å². The number of aliphatic hydroxyl groups is 1. The predicted molar refractivity (Wildman–Crippen MR) is 62.1 cm³/mol. The zero-order valence-electron chi connectivity index (χ0n) is 9.29. The first-order valence-electron chi connectivity index (χ1n) is 5.36. The van der Waals surface area contributed by atoms with E-state index in [0.29, 0.717) is 11.3 Å². The Morgan fingerprint density at radius 1 is 1.56 bits per heavy atom. The van der Waals surface area contributed by atoms with E-state index in [1.54, 1.807) is 6.07 Å². The van der Waals surface area contributed by atoms with Crippen LogP contribution in [-0.4, -0.2) is 23.2 Å². The number of aliphatic hydroxyl groups excluding tert-OH is 1. The van der Waals surface area contributed by atoms with Gasteiger partial charge in [-0.05, 0) is 31.4 Å². The lowest BCUT2D eigenvalue weighted by atomic mass is 10.1. The van der Waals surface area contributed by atoms with Gasteiger partial charge in [0.05, 0.1) is 17.7 Å². The third-order valence-corrected chi connectivity index (χ3v) is 3.07. The van der Waals surface area contributed by atoms with Crippen LogP contribution in [0.15, 0.2) is 18.2 Å². The molecule has 0 saturated heterocycles. The summed E-state index contributed by atoms with van der Waals surface area (Å²) in [6.45, 7) is 1.84. The van der Waals surface area contributed by atoms with E-state index in [1.807, 2.05) is 19.1 Å². The molecule has 2 rings (SSSR count). The predicted octanol–water partition coefficient (Wildman–Crippen LogP) is 0.832. The summed E-state index contributed by atoms with van der Waals surface area (Å²) in [5.41, 5.74) is 7.23. The highest BCUT2D eigenvalue weighted by Gasteiger charge is 2.43. The molecule has 0 heterocycles. The molecular weight excluding hydrogens is 204 g/mol. The zero-order valence-corrected chi connectivity index (χ0v) is 9.29. The van der Waals surface area contributed by atoms with E-state index < -0.39 is 5.54 Å². The molecule has 1 aromatic carbocycles. The molecule has 1 saturated carbocycles. The van der Waals surface area contributed by atoms with Gasteiger partial charge in [0.2, 0.25) is 0 Å². The van der Waals surface area contributed by atoms with E-state index in [2.05, 4.69) is 5.32 Å². The van der Waals surface area contributed by atoms with Gasteiger partial charge in [0.1, 0.15) is 0 Å². The first-order chi connectivity index (χ1) is 7.58. The fraction of sp³-hybridized carbons (Fsp3) is 0.417. The molecule has 0 bridgehead atoms. The van der Waals surface area contributed by atoms with Gasteiger partial charge in [-0.15, -0.1) is 0 Å². The lowest BCUT2D eigenvalue weighted by Gasteiger charge is -2.16. The summed E-state index contributed by atoms with van der Waals surface area (Å²) >= 11 is 0. The van der Waals surface area contributed by atoms with E-state index in [4.69, 9.17) is 10.8 Å². The van der Waals surface area contributed by atoms with Gasteiger partial charge >= 0.3 is 0 Å². The molecular formula is C12H16N2O2. The number of benzene rings is 1. The van der Waals surface area contributed by atoms with Crippen LogP contribution in [0.1, 0.15) is 28.8 Å². The van der Waals surface area contributed by atoms with Crippen molar-refractivity contribution in [1.82, 2.24) is 5.32 Å². The molecule has 1 aromatic rings. The lowest BCUT2D eigenvalue weighted by molar-refractivity contribution is 0.0907. The van der Waals surface area contributed by atoms with Gasteiger partial charge < -0.3 is 16.2 Å². The van der Waals surface area contributed by atoms with Crippen molar-refractivity contribution in [2.45, 2.75) is 25.3 Å². The van der Waals surface area contributed by atoms with Crippen LogP contribution in [0.5, 0.6) is 0 Å². The summed E-state index contributed by atoms with van der Waals surface area (Å²) < 4.78 is 0. The number of aryl methyl sites for hydroxylation is 1. The Balaban J connectivity index is 2.21. The highest BCUT2D eigenvalue weighted by Crippen LogP contribution is 2.35. The molecule has 1 amide bonds. The number of carbonyl (C=O) groups is 1. The smallest absolute Gasteiger partial charge is 0.254 e. The number of nitrogens with one attached hydrogen (secondary N) is 1. The van der Waals surface area contributed by atoms with Crippen molar-refractivity contribution in [3.63, 3.8) is 0 Å². The number of rotatable bonds is 3. The molecule has 0 unspecified atom stereocenters. The number of nitrogen functional groups attached to an aromatic ring is 1. The molecule has 86 valence electrons. The molecule has 0 atom stereocenters. The normalized spacial score (nSPS) is 16.9. The van der Waals surface area contributed by atoms with Crippen LogP contribution in [0.3, 0.4) is 0 Å². The van der Waals surface area contributed by atoms with Gasteiger partial charge in [0, 0.05) is 5.69 Å². The SMILES string of the molecule is Cc1cccc(N)c1C(=O)NC1(CO)CC1. The molecule has 4 nitrogen and oxygen atoms in total. The second-order valence-electron chi connectivity index (χ2n) is 4.43. The van der Waals surface area contributed by atoms with Gasteiger partial charge in [-0.25, -0.2) is 0 Å². The molecule has 16 heavy (non-hydrogen) atoms. The van der Waals surface area contributed by atoms with E-state index in [0.717, 1.165) is 18.4 Å². The maximum atomic E-state index is 12.0. The Morgan fingerprint density at radius 2 is 2.25 bits per heavy atom. The molecule has 0 radical (unpaired) electrons. The van der Waals surface area contributed by atoms with Crippen LogP contribution in [0.25, 0.3) is 0 Å². The van der Waals surface area contributed by atoms with Crippen LogP contribution >= 0.6 is 0 Å². The van der Waals surface area contributed by atoms with Crippen molar-refractivity contribution in [2.24, 2.45) is 0 Å². The molecule has 4 heteroatoms. The summed E-state index contributed by atoms with van der Waals surface area (Å²) in [6, 6.07) is 5.38. The summed E-state index contributed by atoms with van der Waals surface area (Å²) in [6.07, 6.45) is 1.67. The quantitative estimate of drug-likeness (QED) is 0.660. The molecule has 1 fully saturated rings. The number of hydrogen-bond acceptors (Lipinski definition) is 3. The second kappa shape index (κ2) is 3.79. The Labute approximate surface area is 94.5 Å². The van der Waals surface area contributed by atoms with E-state index in [9.17, 15) is 4.79 Å². The minimum Gasteiger partial charge on any atom is -0.398 e. The van der Waals surface area contributed by atoms with Crippen molar-refractivity contribution < 1.29 is 9.90 Å². The standard InChI is InChI=1S/C12H16N2O2/c1-8-3-2-4-9(13)10(8)11(16)14-12(7-15)5-6-12/h2-4,15H,5-7,13H2,1H3,(H,14,16). The third kappa shape index (κ3) is 1.88. The fourth-order valence-corrected chi connectivity index (χ4v) is 1.78. The molecule has 0 aromatic heterocycles. The van der Waals surface area contributed by atoms with Crippen molar-refractivity contribution in [2.75, 3.05) is 12.3 Å². The fourth-order valence-electron chi connectivity index (χ4n) is 1.78. The summed E-state index contributed by atoms with van der Waals surface area (Å²) in [4.78, 5) is 12.0. The number of hydrogen-bond donors (Lipinski definition) is 3. The molecule has 0 aliphatic heterocycles. The van der Waals surface area contributed by atoms with Crippen LogP contribution in [0.4, 0.5) is 5.69 Å². The average Bonchev–Trinajstić information content (AvgIpc) is 2.98. The Morgan fingerprint density at radius 3 is 2.75 bits per heavy atom. The Hall–Kier alpha value is -1.55. The zero-order chi connectivity index (χ0) is 11.8. The summed E-state index contributed by atoms with van der Waals surface area (Å²) in [5, 5.41) is 12.0. The van der Waals surface area contributed by atoms with Gasteiger partial charge in [0.15, 0.2) is 0 Å². The van der Waals surface area contributed by atoms with Crippen LogP contribution in [-0.2, 0) is 0 Å². The van der Waals surface area contributed by atoms with Crippen molar-refractivity contribution in [3.05, 3.63) is 29.3 Å². The summed E-state index contributed by atoms with van der Waals surface area (Å²) in [5.74, 6) is -0.192. The van der Waals surface area contributed by atoms with Gasteiger partial charge in [-0.1, -0.05) is 12.1 Å². The van der Waals surface area contributed by atoms with Gasteiger partial charge in [-0.3, -0.25) is 4.79 Å². The lowest BCUT2D eigenvalue weighted by Crippen LogP contribution is -2.40. The first-order valence-corrected chi connectivity index (χ1v) is 5.36. The molecule has 1 aliphatic rings. The number of anilines is 1. The molecule has 0 spiro atoms. The van der Waals surface area contributed by atoms with Crippen molar-refractivity contribution in [3.8, 4) is 0 Å². The molecule has 1 aliphatic carbocycles. The topological polar surface area (TPSA) is 75.4 Å². The first kappa shape index (κ1) is 11.0. The molecule has 4 N–H and O–H groups in total. The Kier molecular flexibility index (Phi) is 2.59. The van der Waals surface area contributed by atoms with E-state index in [-0.39, 0.29) is 12.5 Å².